The zero-order valence-electron chi connectivity index (χ0n) is 9.14. The van der Waals surface area contributed by atoms with Gasteiger partial charge in [0.05, 0.1) is 22.9 Å². The number of nitriles is 2. The van der Waals surface area contributed by atoms with Crippen LogP contribution >= 0.6 is 0 Å². The van der Waals surface area contributed by atoms with Crippen LogP contribution in [0, 0.1) is 22.7 Å². The smallest absolute Gasteiger partial charge is 0.258 e. The van der Waals surface area contributed by atoms with Gasteiger partial charge in [-0.3, -0.25) is 9.89 Å². The Morgan fingerprint density at radius 1 is 1.28 bits per heavy atom. The van der Waals surface area contributed by atoms with E-state index in [1.165, 1.54) is 24.5 Å². The zero-order valence-corrected chi connectivity index (χ0v) is 9.14. The third kappa shape index (κ3) is 2.18. The molecule has 86 valence electrons. The minimum atomic E-state index is -0.336. The summed E-state index contributed by atoms with van der Waals surface area (Å²) in [5, 5.41) is 26.4. The maximum absolute atomic E-state index is 11.7. The van der Waals surface area contributed by atoms with Crippen LogP contribution in [-0.2, 0) is 0 Å². The lowest BCUT2D eigenvalue weighted by Gasteiger charge is -2.04. The number of carbonyl (C=O) groups is 1. The normalized spacial score (nSPS) is 9.22. The molecule has 0 saturated heterocycles. The number of hydrogen-bond acceptors (Lipinski definition) is 4. The number of nitrogens with one attached hydrogen (secondary N) is 2. The van der Waals surface area contributed by atoms with Gasteiger partial charge in [-0.05, 0) is 18.2 Å². The van der Waals surface area contributed by atoms with Crippen LogP contribution in [0.2, 0.25) is 0 Å². The molecule has 2 N–H and O–H groups in total. The molecule has 0 bridgehead atoms. The standard InChI is InChI=1S/C12H7N5O/c13-4-8-1-2-11(3-9(8)5-14)17-12(18)10-6-15-16-7-10/h1-3,6-7H,(H,15,16)(H,17,18). The molecule has 0 aliphatic carbocycles. The largest absolute Gasteiger partial charge is 0.322 e. The molecular weight excluding hydrogens is 230 g/mol. The van der Waals surface area contributed by atoms with Crippen molar-refractivity contribution in [2.75, 3.05) is 5.32 Å². The summed E-state index contributed by atoms with van der Waals surface area (Å²) in [6, 6.07) is 8.32. The van der Waals surface area contributed by atoms with Crippen LogP contribution in [0.25, 0.3) is 0 Å². The Morgan fingerprint density at radius 2 is 2.06 bits per heavy atom. The van der Waals surface area contributed by atoms with Crippen LogP contribution in [0.1, 0.15) is 21.5 Å². The van der Waals surface area contributed by atoms with Gasteiger partial charge in [0.25, 0.3) is 5.91 Å². The van der Waals surface area contributed by atoms with Gasteiger partial charge in [0.15, 0.2) is 0 Å². The molecule has 1 aromatic carbocycles. The molecule has 0 fully saturated rings. The Balaban J connectivity index is 2.24. The van der Waals surface area contributed by atoms with E-state index in [2.05, 4.69) is 15.5 Å². The van der Waals surface area contributed by atoms with Gasteiger partial charge in [-0.1, -0.05) is 0 Å². The van der Waals surface area contributed by atoms with Crippen LogP contribution in [0.3, 0.4) is 0 Å². The van der Waals surface area contributed by atoms with Crippen molar-refractivity contribution < 1.29 is 4.79 Å². The first kappa shape index (κ1) is 11.4. The van der Waals surface area contributed by atoms with Crippen molar-refractivity contribution in [3.05, 3.63) is 47.3 Å². The van der Waals surface area contributed by atoms with E-state index in [-0.39, 0.29) is 17.0 Å². The molecule has 6 heteroatoms. The average molecular weight is 237 g/mol. The first-order chi connectivity index (χ1) is 8.74. The molecule has 0 aliphatic rings. The van der Waals surface area contributed by atoms with Crippen LogP contribution < -0.4 is 5.32 Å². The van der Waals surface area contributed by atoms with Gasteiger partial charge in [0.2, 0.25) is 0 Å². The van der Waals surface area contributed by atoms with E-state index in [1.54, 1.807) is 6.07 Å². The molecule has 2 aromatic rings. The fourth-order valence-electron chi connectivity index (χ4n) is 1.39. The van der Waals surface area contributed by atoms with Crippen molar-refractivity contribution in [2.45, 2.75) is 0 Å². The summed E-state index contributed by atoms with van der Waals surface area (Å²) in [5.41, 5.74) is 1.34. The van der Waals surface area contributed by atoms with E-state index in [0.717, 1.165) is 0 Å². The van der Waals surface area contributed by atoms with Gasteiger partial charge >= 0.3 is 0 Å². The zero-order chi connectivity index (χ0) is 13.0. The Kier molecular flexibility index (Phi) is 3.04. The Bertz CT molecular complexity index is 661. The molecule has 1 heterocycles. The Labute approximate surface area is 102 Å². The molecule has 0 spiro atoms. The molecule has 2 rings (SSSR count). The first-order valence-corrected chi connectivity index (χ1v) is 4.99. The highest BCUT2D eigenvalue weighted by molar-refractivity contribution is 6.04. The second-order valence-corrected chi connectivity index (χ2v) is 3.43. The highest BCUT2D eigenvalue weighted by Crippen LogP contribution is 2.15. The SMILES string of the molecule is N#Cc1ccc(NC(=O)c2cn[nH]c2)cc1C#N. The number of benzene rings is 1. The summed E-state index contributed by atoms with van der Waals surface area (Å²) >= 11 is 0. The lowest BCUT2D eigenvalue weighted by Crippen LogP contribution is -2.11. The van der Waals surface area contributed by atoms with Crippen molar-refractivity contribution in [1.82, 2.24) is 10.2 Å². The summed E-state index contributed by atoms with van der Waals surface area (Å²) < 4.78 is 0. The summed E-state index contributed by atoms with van der Waals surface area (Å²) in [5.74, 6) is -0.336. The second-order valence-electron chi connectivity index (χ2n) is 3.43. The lowest BCUT2D eigenvalue weighted by molar-refractivity contribution is 0.102. The molecule has 1 aromatic heterocycles. The molecule has 0 atom stereocenters. The van der Waals surface area contributed by atoms with Crippen LogP contribution in [-0.4, -0.2) is 16.1 Å². The van der Waals surface area contributed by atoms with Gasteiger partial charge in [0, 0.05) is 11.9 Å². The number of rotatable bonds is 2. The van der Waals surface area contributed by atoms with Gasteiger partial charge in [-0.2, -0.15) is 15.6 Å². The number of aromatic amines is 1. The molecule has 0 aliphatic heterocycles. The molecule has 1 amide bonds. The van der Waals surface area contributed by atoms with Gasteiger partial charge in [0.1, 0.15) is 12.1 Å². The quantitative estimate of drug-likeness (QED) is 0.823. The van der Waals surface area contributed by atoms with Crippen molar-refractivity contribution >= 4 is 11.6 Å². The first-order valence-electron chi connectivity index (χ1n) is 4.99. The summed E-state index contributed by atoms with van der Waals surface area (Å²) in [6.07, 6.45) is 2.86. The number of anilines is 1. The molecule has 18 heavy (non-hydrogen) atoms. The Morgan fingerprint density at radius 3 is 2.67 bits per heavy atom. The maximum atomic E-state index is 11.7. The van der Waals surface area contributed by atoms with Gasteiger partial charge in [-0.25, -0.2) is 0 Å². The molecular formula is C12H7N5O. The summed E-state index contributed by atoms with van der Waals surface area (Å²) in [6.45, 7) is 0. The van der Waals surface area contributed by atoms with Gasteiger partial charge < -0.3 is 5.32 Å². The molecule has 6 nitrogen and oxygen atoms in total. The third-order valence-electron chi connectivity index (χ3n) is 2.28. The number of hydrogen-bond donors (Lipinski definition) is 2. The molecule has 0 saturated carbocycles. The fourth-order valence-corrected chi connectivity index (χ4v) is 1.39. The predicted octanol–water partition coefficient (Wildman–Crippen LogP) is 1.41. The number of nitrogens with zero attached hydrogens (tertiary/aromatic N) is 3. The van der Waals surface area contributed by atoms with E-state index in [0.29, 0.717) is 11.3 Å². The molecule has 0 radical (unpaired) electrons. The monoisotopic (exact) mass is 237 g/mol. The highest BCUT2D eigenvalue weighted by Gasteiger charge is 2.08. The maximum Gasteiger partial charge on any atom is 0.258 e. The minimum Gasteiger partial charge on any atom is -0.322 e. The van der Waals surface area contributed by atoms with Crippen molar-refractivity contribution in [3.63, 3.8) is 0 Å². The number of aromatic nitrogens is 2. The van der Waals surface area contributed by atoms with E-state index in [9.17, 15) is 4.79 Å². The summed E-state index contributed by atoms with van der Waals surface area (Å²) in [7, 11) is 0. The van der Waals surface area contributed by atoms with Crippen LogP contribution in [0.4, 0.5) is 5.69 Å². The third-order valence-corrected chi connectivity index (χ3v) is 2.28. The van der Waals surface area contributed by atoms with Gasteiger partial charge in [-0.15, -0.1) is 0 Å². The topological polar surface area (TPSA) is 105 Å². The Hall–Kier alpha value is -3.12. The van der Waals surface area contributed by atoms with Crippen LogP contribution in [0.15, 0.2) is 30.6 Å². The van der Waals surface area contributed by atoms with Crippen molar-refractivity contribution in [3.8, 4) is 12.1 Å². The number of carbonyl (C=O) groups excluding carboxylic acids is 1. The predicted molar refractivity (Wildman–Crippen MR) is 62.4 cm³/mol. The minimum absolute atomic E-state index is 0.225. The second kappa shape index (κ2) is 4.81. The van der Waals surface area contributed by atoms with E-state index in [4.69, 9.17) is 10.5 Å². The van der Waals surface area contributed by atoms with Crippen LogP contribution in [0.5, 0.6) is 0 Å². The summed E-state index contributed by atoms with van der Waals surface area (Å²) in [4.78, 5) is 11.7. The van der Waals surface area contributed by atoms with Crippen molar-refractivity contribution in [2.24, 2.45) is 0 Å². The number of H-pyrrole nitrogens is 1. The average Bonchev–Trinajstić information content (AvgIpc) is 2.92. The van der Waals surface area contributed by atoms with E-state index >= 15 is 0 Å². The molecule has 0 unspecified atom stereocenters. The lowest BCUT2D eigenvalue weighted by atomic mass is 10.1. The van der Waals surface area contributed by atoms with Crippen molar-refractivity contribution in [1.29, 1.82) is 10.5 Å². The highest BCUT2D eigenvalue weighted by atomic mass is 16.1. The van der Waals surface area contributed by atoms with E-state index < -0.39 is 0 Å². The number of amides is 1. The van der Waals surface area contributed by atoms with E-state index in [1.807, 2.05) is 12.1 Å². The fraction of sp³-hybridized carbons (Fsp3) is 0.